The Hall–Kier alpha value is -4.54. The van der Waals surface area contributed by atoms with Crippen LogP contribution < -0.4 is 19.1 Å². The molecule has 0 bridgehead atoms. The summed E-state index contributed by atoms with van der Waals surface area (Å²) in [6.45, 7) is 5.52. The van der Waals surface area contributed by atoms with Crippen LogP contribution in [0.4, 0.5) is 5.69 Å². The maximum atomic E-state index is 14.7. The van der Waals surface area contributed by atoms with Crippen LogP contribution >= 0.6 is 11.6 Å². The number of carbonyl (C=O) groups is 2. The Labute approximate surface area is 288 Å². The van der Waals surface area contributed by atoms with Gasteiger partial charge in [0.2, 0.25) is 11.8 Å². The highest BCUT2D eigenvalue weighted by Crippen LogP contribution is 2.36. The lowest BCUT2D eigenvalue weighted by Crippen LogP contribution is -2.53. The predicted octanol–water partition coefficient (Wildman–Crippen LogP) is 6.27. The first kappa shape index (κ1) is 36.3. The van der Waals surface area contributed by atoms with Gasteiger partial charge >= 0.3 is 0 Å². The third-order valence-corrected chi connectivity index (χ3v) is 9.94. The van der Waals surface area contributed by atoms with E-state index in [-0.39, 0.29) is 41.1 Å². The number of carbonyl (C=O) groups excluding carboxylic acids is 2. The zero-order valence-corrected chi connectivity index (χ0v) is 29.4. The van der Waals surface area contributed by atoms with E-state index in [2.05, 4.69) is 5.32 Å². The largest absolute Gasteiger partial charge is 0.497 e. The first-order valence-electron chi connectivity index (χ1n) is 15.6. The van der Waals surface area contributed by atoms with Gasteiger partial charge in [0.05, 0.1) is 24.8 Å². The molecular formula is C37H42ClN3O6S. The van der Waals surface area contributed by atoms with Crippen LogP contribution in [0.15, 0.2) is 102 Å². The molecule has 48 heavy (non-hydrogen) atoms. The average molecular weight is 692 g/mol. The van der Waals surface area contributed by atoms with Crippen LogP contribution in [-0.4, -0.2) is 58.5 Å². The van der Waals surface area contributed by atoms with Gasteiger partial charge in [0.1, 0.15) is 24.1 Å². The van der Waals surface area contributed by atoms with E-state index in [4.69, 9.17) is 21.1 Å². The van der Waals surface area contributed by atoms with Gasteiger partial charge in [0.25, 0.3) is 10.0 Å². The van der Waals surface area contributed by atoms with Crippen molar-refractivity contribution in [3.8, 4) is 11.5 Å². The van der Waals surface area contributed by atoms with Gasteiger partial charge in [-0.25, -0.2) is 8.42 Å². The van der Waals surface area contributed by atoms with E-state index in [0.29, 0.717) is 22.9 Å². The number of halogens is 1. The van der Waals surface area contributed by atoms with Crippen molar-refractivity contribution in [3.63, 3.8) is 0 Å². The van der Waals surface area contributed by atoms with E-state index in [1.54, 1.807) is 48.5 Å². The van der Waals surface area contributed by atoms with Gasteiger partial charge in [-0.2, -0.15) is 0 Å². The van der Waals surface area contributed by atoms with Gasteiger partial charge in [0.15, 0.2) is 0 Å². The van der Waals surface area contributed by atoms with Crippen LogP contribution in [0.2, 0.25) is 5.02 Å². The summed E-state index contributed by atoms with van der Waals surface area (Å²) in [6.07, 6.45) is 0.189. The lowest BCUT2D eigenvalue weighted by molar-refractivity contribution is -0.140. The third kappa shape index (κ3) is 9.08. The topological polar surface area (TPSA) is 105 Å². The SMILES string of the molecule is COc1ccc(OC)c(N(CC(=O)N(Cc2ccccc2Cl)[C@@H](Cc2ccccc2)C(=O)NCC(C)C)S(=O)(=O)c2ccc(C)cc2)c1. The standard InChI is InChI=1S/C37H42ClN3O6S/c1-26(2)23-39-37(43)34(21-28-11-7-6-8-12-28)40(24-29-13-9-10-14-32(29)38)36(42)25-41(33-22-30(46-4)17-20-35(33)47-5)48(44,45)31-18-15-27(3)16-19-31/h6-20,22,26,34H,21,23-25H2,1-5H3,(H,39,43)/t34-/m0/s1. The molecule has 11 heteroatoms. The molecule has 1 N–H and O–H groups in total. The first-order valence-corrected chi connectivity index (χ1v) is 17.4. The van der Waals surface area contributed by atoms with Crippen LogP contribution in [0.5, 0.6) is 11.5 Å². The van der Waals surface area contributed by atoms with Crippen molar-refractivity contribution in [2.45, 2.75) is 44.7 Å². The Bertz CT molecular complexity index is 1800. The highest BCUT2D eigenvalue weighted by Gasteiger charge is 2.36. The Balaban J connectivity index is 1.87. The van der Waals surface area contributed by atoms with E-state index in [1.165, 1.54) is 37.3 Å². The lowest BCUT2D eigenvalue weighted by Gasteiger charge is -2.34. The molecule has 0 radical (unpaired) electrons. The Kier molecular flexibility index (Phi) is 12.5. The average Bonchev–Trinajstić information content (AvgIpc) is 3.08. The molecule has 0 spiro atoms. The van der Waals surface area contributed by atoms with Gasteiger partial charge in [-0.05, 0) is 54.3 Å². The number of ether oxygens (including phenoxy) is 2. The Morgan fingerprint density at radius 2 is 1.54 bits per heavy atom. The van der Waals surface area contributed by atoms with E-state index in [9.17, 15) is 18.0 Å². The van der Waals surface area contributed by atoms with E-state index in [1.807, 2.05) is 51.1 Å². The predicted molar refractivity (Wildman–Crippen MR) is 189 cm³/mol. The number of methoxy groups -OCH3 is 2. The third-order valence-electron chi connectivity index (χ3n) is 7.80. The van der Waals surface area contributed by atoms with E-state index in [0.717, 1.165) is 15.4 Å². The molecule has 4 rings (SSSR count). The minimum atomic E-state index is -4.34. The molecule has 9 nitrogen and oxygen atoms in total. The van der Waals surface area contributed by atoms with Crippen molar-refractivity contribution in [3.05, 3.63) is 119 Å². The molecule has 1 atom stereocenters. The van der Waals surface area contributed by atoms with Crippen molar-refractivity contribution in [1.82, 2.24) is 10.2 Å². The normalized spacial score (nSPS) is 11.9. The number of nitrogens with one attached hydrogen (secondary N) is 1. The number of hydrogen-bond donors (Lipinski definition) is 1. The van der Waals surface area contributed by atoms with Crippen molar-refractivity contribution in [2.75, 3.05) is 31.6 Å². The second kappa shape index (κ2) is 16.5. The molecule has 0 heterocycles. The quantitative estimate of drug-likeness (QED) is 0.158. The Morgan fingerprint density at radius 1 is 0.875 bits per heavy atom. The van der Waals surface area contributed by atoms with Gasteiger partial charge < -0.3 is 19.7 Å². The molecule has 4 aromatic rings. The summed E-state index contributed by atoms with van der Waals surface area (Å²) < 4.78 is 40.8. The van der Waals surface area contributed by atoms with E-state index >= 15 is 0 Å². The van der Waals surface area contributed by atoms with Crippen LogP contribution in [0, 0.1) is 12.8 Å². The number of rotatable bonds is 15. The molecule has 254 valence electrons. The summed E-state index contributed by atoms with van der Waals surface area (Å²) in [7, 11) is -1.46. The molecule has 2 amide bonds. The van der Waals surface area contributed by atoms with Gasteiger partial charge in [-0.15, -0.1) is 0 Å². The Morgan fingerprint density at radius 3 is 2.17 bits per heavy atom. The van der Waals surface area contributed by atoms with Crippen LogP contribution in [0.1, 0.15) is 30.5 Å². The minimum absolute atomic E-state index is 0.0149. The highest BCUT2D eigenvalue weighted by atomic mass is 35.5. The van der Waals surface area contributed by atoms with Gasteiger partial charge in [0, 0.05) is 30.6 Å². The highest BCUT2D eigenvalue weighted by molar-refractivity contribution is 7.92. The monoisotopic (exact) mass is 691 g/mol. The molecule has 0 aliphatic heterocycles. The second-order valence-electron chi connectivity index (χ2n) is 11.8. The smallest absolute Gasteiger partial charge is 0.264 e. The molecule has 0 saturated heterocycles. The number of anilines is 1. The fourth-order valence-corrected chi connectivity index (χ4v) is 6.74. The molecule has 0 aromatic heterocycles. The number of hydrogen-bond acceptors (Lipinski definition) is 6. The summed E-state index contributed by atoms with van der Waals surface area (Å²) in [4.78, 5) is 30.1. The fourth-order valence-electron chi connectivity index (χ4n) is 5.13. The fraction of sp³-hybridized carbons (Fsp3) is 0.297. The number of nitrogens with zero attached hydrogens (tertiary/aromatic N) is 2. The van der Waals surface area contributed by atoms with E-state index < -0.39 is 28.5 Å². The first-order chi connectivity index (χ1) is 22.9. The van der Waals surface area contributed by atoms with Crippen molar-refractivity contribution in [2.24, 2.45) is 5.92 Å². The zero-order chi connectivity index (χ0) is 34.8. The summed E-state index contributed by atoms with van der Waals surface area (Å²) >= 11 is 6.58. The molecule has 0 aliphatic rings. The van der Waals surface area contributed by atoms with Crippen LogP contribution in [-0.2, 0) is 32.6 Å². The second-order valence-corrected chi connectivity index (χ2v) is 14.1. The molecule has 4 aromatic carbocycles. The van der Waals surface area contributed by atoms with Crippen LogP contribution in [0.25, 0.3) is 0 Å². The molecule has 0 fully saturated rings. The summed E-state index contributed by atoms with van der Waals surface area (Å²) in [5, 5.41) is 3.40. The molecule has 0 unspecified atom stereocenters. The minimum Gasteiger partial charge on any atom is -0.497 e. The zero-order valence-electron chi connectivity index (χ0n) is 27.9. The van der Waals surface area contributed by atoms with Crippen molar-refractivity contribution < 1.29 is 27.5 Å². The number of amides is 2. The summed E-state index contributed by atoms with van der Waals surface area (Å²) in [6, 6.07) is 26.5. The number of benzene rings is 4. The van der Waals surface area contributed by atoms with Crippen LogP contribution in [0.3, 0.4) is 0 Å². The maximum absolute atomic E-state index is 14.7. The maximum Gasteiger partial charge on any atom is 0.264 e. The number of sulfonamides is 1. The van der Waals surface area contributed by atoms with Crippen molar-refractivity contribution >= 4 is 39.1 Å². The van der Waals surface area contributed by atoms with Crippen molar-refractivity contribution in [1.29, 1.82) is 0 Å². The van der Waals surface area contributed by atoms with Gasteiger partial charge in [-0.1, -0.05) is 91.7 Å². The number of aryl methyl sites for hydroxylation is 1. The summed E-state index contributed by atoms with van der Waals surface area (Å²) in [5.74, 6) is -0.233. The molecule has 0 saturated carbocycles. The molecule has 0 aliphatic carbocycles. The van der Waals surface area contributed by atoms with Gasteiger partial charge in [-0.3, -0.25) is 13.9 Å². The molecular weight excluding hydrogens is 650 g/mol. The summed E-state index contributed by atoms with van der Waals surface area (Å²) in [5.41, 5.74) is 2.41. The lowest BCUT2D eigenvalue weighted by atomic mass is 10.0.